The predicted octanol–water partition coefficient (Wildman–Crippen LogP) is 3.60. The highest BCUT2D eigenvalue weighted by atomic mass is 19.1. The number of hydrogen-bond acceptors (Lipinski definition) is 4. The summed E-state index contributed by atoms with van der Waals surface area (Å²) in [6.45, 7) is 9.56. The van der Waals surface area contributed by atoms with Gasteiger partial charge < -0.3 is 15.2 Å². The molecule has 22 heavy (non-hydrogen) atoms. The molecule has 3 N–H and O–H groups in total. The number of carbonyl (C=O) groups is 1. The highest BCUT2D eigenvalue weighted by Gasteiger charge is 2.18. The van der Waals surface area contributed by atoms with Gasteiger partial charge in [-0.1, -0.05) is 13.8 Å². The van der Waals surface area contributed by atoms with E-state index in [1.807, 2.05) is 13.8 Å². The predicted molar refractivity (Wildman–Crippen MR) is 85.6 cm³/mol. The normalized spacial score (nSPS) is 12.0. The topological polar surface area (TPSA) is 70.6 Å². The standard InChI is InChI=1S/C16H25FN2O3/c1-15(2,3)22-14(21)19-13-8-11(6-7-12(13)17)18-9-16(4,5)10-20/h6-8,18,20H,9-10H2,1-5H3,(H,19,21). The second kappa shape index (κ2) is 6.96. The molecule has 1 amide bonds. The summed E-state index contributed by atoms with van der Waals surface area (Å²) in [5.74, 6) is -0.544. The Morgan fingerprint density at radius 3 is 2.45 bits per heavy atom. The van der Waals surface area contributed by atoms with E-state index in [0.29, 0.717) is 12.2 Å². The minimum Gasteiger partial charge on any atom is -0.444 e. The zero-order chi connectivity index (χ0) is 17.0. The largest absolute Gasteiger partial charge is 0.444 e. The number of rotatable bonds is 5. The maximum Gasteiger partial charge on any atom is 0.412 e. The van der Waals surface area contributed by atoms with Crippen LogP contribution >= 0.6 is 0 Å². The number of halogens is 1. The Morgan fingerprint density at radius 2 is 1.91 bits per heavy atom. The Kier molecular flexibility index (Phi) is 5.77. The van der Waals surface area contributed by atoms with E-state index in [2.05, 4.69) is 10.6 Å². The molecule has 0 unspecified atom stereocenters. The van der Waals surface area contributed by atoms with Gasteiger partial charge in [0.25, 0.3) is 0 Å². The summed E-state index contributed by atoms with van der Waals surface area (Å²) < 4.78 is 18.9. The van der Waals surface area contributed by atoms with Gasteiger partial charge in [-0.2, -0.15) is 0 Å². The lowest BCUT2D eigenvalue weighted by Gasteiger charge is -2.23. The first-order valence-corrected chi connectivity index (χ1v) is 7.17. The summed E-state index contributed by atoms with van der Waals surface area (Å²) >= 11 is 0. The van der Waals surface area contributed by atoms with Gasteiger partial charge in [0.05, 0.1) is 5.69 Å². The Morgan fingerprint density at radius 1 is 1.27 bits per heavy atom. The number of benzene rings is 1. The molecule has 0 aliphatic carbocycles. The van der Waals surface area contributed by atoms with Crippen LogP contribution in [0.1, 0.15) is 34.6 Å². The van der Waals surface area contributed by atoms with Crippen LogP contribution in [-0.4, -0.2) is 30.0 Å². The van der Waals surface area contributed by atoms with Gasteiger partial charge in [-0.05, 0) is 39.0 Å². The van der Waals surface area contributed by atoms with Gasteiger partial charge in [-0.15, -0.1) is 0 Å². The van der Waals surface area contributed by atoms with Crippen LogP contribution in [0.3, 0.4) is 0 Å². The number of nitrogens with one attached hydrogen (secondary N) is 2. The summed E-state index contributed by atoms with van der Waals surface area (Å²) in [6.07, 6.45) is -0.709. The fourth-order valence-corrected chi connectivity index (χ4v) is 1.54. The highest BCUT2D eigenvalue weighted by Crippen LogP contribution is 2.22. The summed E-state index contributed by atoms with van der Waals surface area (Å²) in [6, 6.07) is 4.33. The fraction of sp³-hybridized carbons (Fsp3) is 0.562. The third-order valence-electron chi connectivity index (χ3n) is 2.80. The molecule has 6 heteroatoms. The average molecular weight is 312 g/mol. The van der Waals surface area contributed by atoms with Crippen molar-refractivity contribution in [3.8, 4) is 0 Å². The minimum absolute atomic E-state index is 0.0320. The quantitative estimate of drug-likeness (QED) is 0.777. The van der Waals surface area contributed by atoms with E-state index in [-0.39, 0.29) is 17.7 Å². The van der Waals surface area contributed by atoms with Crippen LogP contribution in [0.5, 0.6) is 0 Å². The van der Waals surface area contributed by atoms with Crippen molar-refractivity contribution in [3.63, 3.8) is 0 Å². The smallest absolute Gasteiger partial charge is 0.412 e. The molecule has 1 aromatic carbocycles. The first kappa shape index (κ1) is 18.2. The second-order valence-corrected chi connectivity index (χ2v) is 7.00. The number of amides is 1. The molecule has 0 aromatic heterocycles. The number of hydrogen-bond donors (Lipinski definition) is 3. The monoisotopic (exact) mass is 312 g/mol. The SMILES string of the molecule is CC(C)(CO)CNc1ccc(F)c(NC(=O)OC(C)(C)C)c1. The van der Waals surface area contributed by atoms with Crippen LogP contribution in [0.15, 0.2) is 18.2 Å². The van der Waals surface area contributed by atoms with Gasteiger partial charge in [0.2, 0.25) is 0 Å². The first-order valence-electron chi connectivity index (χ1n) is 7.17. The molecule has 5 nitrogen and oxygen atoms in total. The zero-order valence-corrected chi connectivity index (χ0v) is 13.8. The molecule has 0 atom stereocenters. The van der Waals surface area contributed by atoms with Crippen LogP contribution in [0, 0.1) is 11.2 Å². The van der Waals surface area contributed by atoms with Crippen molar-refractivity contribution in [1.29, 1.82) is 0 Å². The lowest BCUT2D eigenvalue weighted by molar-refractivity contribution is 0.0635. The van der Waals surface area contributed by atoms with Crippen molar-refractivity contribution >= 4 is 17.5 Å². The number of aliphatic hydroxyl groups is 1. The third-order valence-corrected chi connectivity index (χ3v) is 2.80. The van der Waals surface area contributed by atoms with Crippen molar-refractivity contribution in [1.82, 2.24) is 0 Å². The van der Waals surface area contributed by atoms with E-state index in [0.717, 1.165) is 0 Å². The molecule has 0 spiro atoms. The van der Waals surface area contributed by atoms with Gasteiger partial charge in [0.15, 0.2) is 0 Å². The van der Waals surface area contributed by atoms with Crippen LogP contribution in [-0.2, 0) is 4.74 Å². The van der Waals surface area contributed by atoms with Crippen LogP contribution in [0.25, 0.3) is 0 Å². The van der Waals surface area contributed by atoms with Crippen LogP contribution in [0.4, 0.5) is 20.6 Å². The van der Waals surface area contributed by atoms with E-state index >= 15 is 0 Å². The van der Waals surface area contributed by atoms with Gasteiger partial charge in [0, 0.05) is 24.3 Å². The molecule has 0 saturated heterocycles. The van der Waals surface area contributed by atoms with Crippen molar-refractivity contribution in [3.05, 3.63) is 24.0 Å². The fourth-order valence-electron chi connectivity index (χ4n) is 1.54. The zero-order valence-electron chi connectivity index (χ0n) is 13.8. The summed E-state index contributed by atoms with van der Waals surface area (Å²) in [5, 5.41) is 14.7. The minimum atomic E-state index is -0.709. The molecule has 0 aliphatic heterocycles. The molecule has 0 aliphatic rings. The lowest BCUT2D eigenvalue weighted by Crippen LogP contribution is -2.28. The lowest BCUT2D eigenvalue weighted by atomic mass is 9.95. The molecular weight excluding hydrogens is 287 g/mol. The molecule has 0 fully saturated rings. The van der Waals surface area contributed by atoms with Crippen LogP contribution < -0.4 is 10.6 Å². The summed E-state index contributed by atoms with van der Waals surface area (Å²) in [7, 11) is 0. The molecule has 0 bridgehead atoms. The van der Waals surface area contributed by atoms with E-state index in [9.17, 15) is 14.3 Å². The molecule has 1 rings (SSSR count). The van der Waals surface area contributed by atoms with E-state index in [4.69, 9.17) is 4.74 Å². The maximum absolute atomic E-state index is 13.8. The molecule has 0 heterocycles. The van der Waals surface area contributed by atoms with Crippen LogP contribution in [0.2, 0.25) is 0 Å². The molecule has 0 radical (unpaired) electrons. The van der Waals surface area contributed by atoms with Crippen molar-refractivity contribution < 1.29 is 19.0 Å². The maximum atomic E-state index is 13.8. The van der Waals surface area contributed by atoms with Gasteiger partial charge in [0.1, 0.15) is 11.4 Å². The summed E-state index contributed by atoms with van der Waals surface area (Å²) in [5.41, 5.74) is -0.260. The Balaban J connectivity index is 2.76. The molecule has 0 saturated carbocycles. The molecular formula is C16H25FN2O3. The molecule has 1 aromatic rings. The van der Waals surface area contributed by atoms with E-state index in [1.54, 1.807) is 26.8 Å². The number of anilines is 2. The Labute approximate surface area is 130 Å². The van der Waals surface area contributed by atoms with Gasteiger partial charge in [-0.25, -0.2) is 9.18 Å². The van der Waals surface area contributed by atoms with Crippen molar-refractivity contribution in [2.45, 2.75) is 40.2 Å². The summed E-state index contributed by atoms with van der Waals surface area (Å²) in [4.78, 5) is 11.7. The second-order valence-electron chi connectivity index (χ2n) is 7.00. The number of carbonyl (C=O) groups excluding carboxylic acids is 1. The number of ether oxygens (including phenoxy) is 1. The Bertz CT molecular complexity index is 525. The Hall–Kier alpha value is -1.82. The average Bonchev–Trinajstić information content (AvgIpc) is 2.37. The van der Waals surface area contributed by atoms with Crippen molar-refractivity contribution in [2.24, 2.45) is 5.41 Å². The van der Waals surface area contributed by atoms with E-state index in [1.165, 1.54) is 12.1 Å². The van der Waals surface area contributed by atoms with Crippen molar-refractivity contribution in [2.75, 3.05) is 23.8 Å². The molecule has 124 valence electrons. The highest BCUT2D eigenvalue weighted by molar-refractivity contribution is 5.85. The van der Waals surface area contributed by atoms with E-state index < -0.39 is 17.5 Å². The van der Waals surface area contributed by atoms with Gasteiger partial charge in [-0.3, -0.25) is 5.32 Å². The third kappa shape index (κ3) is 6.30. The van der Waals surface area contributed by atoms with Gasteiger partial charge >= 0.3 is 6.09 Å². The first-order chi connectivity index (χ1) is 10.0. The number of aliphatic hydroxyl groups excluding tert-OH is 1.